The second-order valence-corrected chi connectivity index (χ2v) is 5.93. The minimum Gasteiger partial charge on any atom is -0.489 e. The predicted molar refractivity (Wildman–Crippen MR) is 84.6 cm³/mol. The van der Waals surface area contributed by atoms with Gasteiger partial charge in [-0.1, -0.05) is 13.8 Å². The zero-order valence-corrected chi connectivity index (χ0v) is 13.6. The van der Waals surface area contributed by atoms with Crippen LogP contribution in [0.15, 0.2) is 18.5 Å². The molecule has 1 aromatic heterocycles. The van der Waals surface area contributed by atoms with Crippen LogP contribution < -0.4 is 10.1 Å². The van der Waals surface area contributed by atoms with Gasteiger partial charge in [0.1, 0.15) is 5.75 Å². The Morgan fingerprint density at radius 3 is 2.86 bits per heavy atom. The van der Waals surface area contributed by atoms with E-state index in [1.165, 1.54) is 5.56 Å². The van der Waals surface area contributed by atoms with Gasteiger partial charge in [-0.2, -0.15) is 0 Å². The van der Waals surface area contributed by atoms with Crippen LogP contribution in [0.1, 0.15) is 52.1 Å². The molecule has 118 valence electrons. The van der Waals surface area contributed by atoms with Crippen molar-refractivity contribution in [2.24, 2.45) is 5.92 Å². The number of hydrogen-bond donors (Lipinski definition) is 1. The molecular weight excluding hydrogens is 264 g/mol. The van der Waals surface area contributed by atoms with E-state index in [0.29, 0.717) is 12.0 Å². The smallest absolute Gasteiger partial charge is 0.138 e. The largest absolute Gasteiger partial charge is 0.489 e. The van der Waals surface area contributed by atoms with Crippen LogP contribution in [0.4, 0.5) is 0 Å². The molecule has 1 saturated heterocycles. The lowest BCUT2D eigenvalue weighted by Crippen LogP contribution is -2.32. The minimum atomic E-state index is 0.165. The van der Waals surface area contributed by atoms with Gasteiger partial charge in [-0.3, -0.25) is 4.98 Å². The van der Waals surface area contributed by atoms with Crippen molar-refractivity contribution in [3.8, 4) is 5.75 Å². The van der Waals surface area contributed by atoms with Crippen LogP contribution in [-0.2, 0) is 4.74 Å². The van der Waals surface area contributed by atoms with E-state index in [2.05, 4.69) is 30.2 Å². The normalized spacial score (nSPS) is 23.5. The molecule has 2 heterocycles. The van der Waals surface area contributed by atoms with E-state index in [0.717, 1.165) is 31.7 Å². The van der Waals surface area contributed by atoms with Crippen molar-refractivity contribution in [1.82, 2.24) is 10.3 Å². The summed E-state index contributed by atoms with van der Waals surface area (Å²) in [5, 5.41) is 3.61. The monoisotopic (exact) mass is 292 g/mol. The molecule has 3 unspecified atom stereocenters. The summed E-state index contributed by atoms with van der Waals surface area (Å²) in [4.78, 5) is 4.36. The fourth-order valence-corrected chi connectivity index (χ4v) is 3.15. The Balaban J connectivity index is 2.21. The maximum absolute atomic E-state index is 5.87. The zero-order valence-electron chi connectivity index (χ0n) is 13.6. The number of hydrogen-bond acceptors (Lipinski definition) is 4. The average Bonchev–Trinajstić information content (AvgIpc) is 2.92. The van der Waals surface area contributed by atoms with Gasteiger partial charge in [-0.15, -0.1) is 0 Å². The molecule has 3 atom stereocenters. The second kappa shape index (κ2) is 7.76. The van der Waals surface area contributed by atoms with Crippen molar-refractivity contribution in [2.75, 3.05) is 13.2 Å². The van der Waals surface area contributed by atoms with Gasteiger partial charge in [-0.05, 0) is 44.9 Å². The first-order chi connectivity index (χ1) is 10.2. The molecule has 0 amide bonds. The molecule has 1 aromatic rings. The summed E-state index contributed by atoms with van der Waals surface area (Å²) in [5.41, 5.74) is 1.20. The molecule has 1 fully saturated rings. The molecule has 1 aliphatic rings. The molecule has 0 spiro atoms. The van der Waals surface area contributed by atoms with Gasteiger partial charge >= 0.3 is 0 Å². The van der Waals surface area contributed by atoms with Crippen LogP contribution in [0, 0.1) is 5.92 Å². The first-order valence-corrected chi connectivity index (χ1v) is 8.12. The molecule has 2 rings (SSSR count). The number of pyridine rings is 1. The highest BCUT2D eigenvalue weighted by Gasteiger charge is 2.34. The van der Waals surface area contributed by atoms with Crippen LogP contribution in [0.2, 0.25) is 0 Å². The molecule has 21 heavy (non-hydrogen) atoms. The Hall–Kier alpha value is -1.13. The molecule has 4 nitrogen and oxygen atoms in total. The SMILES string of the molecule is CCNC(c1cncc(OC(C)C)c1)C1CCOC1CC. The quantitative estimate of drug-likeness (QED) is 0.837. The van der Waals surface area contributed by atoms with Gasteiger partial charge in [0, 0.05) is 24.8 Å². The van der Waals surface area contributed by atoms with Crippen LogP contribution in [0.25, 0.3) is 0 Å². The Labute approximate surface area is 128 Å². The summed E-state index contributed by atoms with van der Waals surface area (Å²) in [6.45, 7) is 10.2. The van der Waals surface area contributed by atoms with Crippen molar-refractivity contribution >= 4 is 0 Å². The van der Waals surface area contributed by atoms with E-state index in [9.17, 15) is 0 Å². The average molecular weight is 292 g/mol. The van der Waals surface area contributed by atoms with Crippen molar-refractivity contribution in [3.63, 3.8) is 0 Å². The van der Waals surface area contributed by atoms with Crippen molar-refractivity contribution in [3.05, 3.63) is 24.0 Å². The van der Waals surface area contributed by atoms with E-state index < -0.39 is 0 Å². The van der Waals surface area contributed by atoms with Gasteiger partial charge in [0.05, 0.1) is 18.4 Å². The van der Waals surface area contributed by atoms with Gasteiger partial charge in [0.2, 0.25) is 0 Å². The van der Waals surface area contributed by atoms with Crippen molar-refractivity contribution in [2.45, 2.75) is 58.8 Å². The van der Waals surface area contributed by atoms with Crippen molar-refractivity contribution < 1.29 is 9.47 Å². The number of rotatable bonds is 7. The lowest BCUT2D eigenvalue weighted by molar-refractivity contribution is 0.0775. The molecule has 1 N–H and O–H groups in total. The van der Waals surface area contributed by atoms with E-state index in [1.54, 1.807) is 6.20 Å². The third-order valence-electron chi connectivity index (χ3n) is 3.98. The number of aromatic nitrogens is 1. The minimum absolute atomic E-state index is 0.165. The molecule has 0 bridgehead atoms. The molecular formula is C17H28N2O2. The maximum atomic E-state index is 5.87. The van der Waals surface area contributed by atoms with Gasteiger partial charge in [-0.25, -0.2) is 0 Å². The topological polar surface area (TPSA) is 43.4 Å². The first kappa shape index (κ1) is 16.2. The van der Waals surface area contributed by atoms with Gasteiger partial charge in [0.15, 0.2) is 0 Å². The molecule has 0 aromatic carbocycles. The van der Waals surface area contributed by atoms with Gasteiger partial charge < -0.3 is 14.8 Å². The van der Waals surface area contributed by atoms with Crippen LogP contribution >= 0.6 is 0 Å². The zero-order chi connectivity index (χ0) is 15.2. The Morgan fingerprint density at radius 1 is 1.38 bits per heavy atom. The lowest BCUT2D eigenvalue weighted by atomic mass is 9.87. The van der Waals surface area contributed by atoms with Gasteiger partial charge in [0.25, 0.3) is 0 Å². The fraction of sp³-hybridized carbons (Fsp3) is 0.706. The third kappa shape index (κ3) is 4.17. The van der Waals surface area contributed by atoms with E-state index in [1.807, 2.05) is 20.0 Å². The van der Waals surface area contributed by atoms with E-state index >= 15 is 0 Å². The summed E-state index contributed by atoms with van der Waals surface area (Å²) in [5.74, 6) is 1.35. The molecule has 0 radical (unpaired) electrons. The molecule has 4 heteroatoms. The Kier molecular flexibility index (Phi) is 6.00. The molecule has 0 saturated carbocycles. The third-order valence-corrected chi connectivity index (χ3v) is 3.98. The van der Waals surface area contributed by atoms with Crippen LogP contribution in [0.5, 0.6) is 5.75 Å². The number of nitrogens with one attached hydrogen (secondary N) is 1. The summed E-state index contributed by atoms with van der Waals surface area (Å²) < 4.78 is 11.6. The molecule has 0 aliphatic carbocycles. The first-order valence-electron chi connectivity index (χ1n) is 8.12. The molecule has 1 aliphatic heterocycles. The summed E-state index contributed by atoms with van der Waals surface area (Å²) in [6.07, 6.45) is 6.40. The summed E-state index contributed by atoms with van der Waals surface area (Å²) in [6, 6.07) is 2.40. The standard InChI is InChI=1S/C17H28N2O2/c1-5-16-15(7-8-20-16)17(19-6-2)13-9-14(11-18-10-13)21-12(3)4/h9-12,15-17,19H,5-8H2,1-4H3. The van der Waals surface area contributed by atoms with Crippen LogP contribution in [0.3, 0.4) is 0 Å². The number of ether oxygens (including phenoxy) is 2. The Bertz CT molecular complexity index is 437. The van der Waals surface area contributed by atoms with E-state index in [4.69, 9.17) is 9.47 Å². The second-order valence-electron chi connectivity index (χ2n) is 5.93. The highest BCUT2D eigenvalue weighted by atomic mass is 16.5. The van der Waals surface area contributed by atoms with Crippen molar-refractivity contribution in [1.29, 1.82) is 0 Å². The lowest BCUT2D eigenvalue weighted by Gasteiger charge is -2.28. The maximum Gasteiger partial charge on any atom is 0.138 e. The highest BCUT2D eigenvalue weighted by Crippen LogP contribution is 2.35. The Morgan fingerprint density at radius 2 is 2.19 bits per heavy atom. The fourth-order valence-electron chi connectivity index (χ4n) is 3.15. The van der Waals surface area contributed by atoms with E-state index in [-0.39, 0.29) is 12.1 Å². The summed E-state index contributed by atoms with van der Waals surface area (Å²) >= 11 is 0. The predicted octanol–water partition coefficient (Wildman–Crippen LogP) is 3.33. The number of nitrogens with zero attached hydrogens (tertiary/aromatic N) is 1. The summed E-state index contributed by atoms with van der Waals surface area (Å²) in [7, 11) is 0. The highest BCUT2D eigenvalue weighted by molar-refractivity contribution is 5.27. The van der Waals surface area contributed by atoms with Crippen LogP contribution in [-0.4, -0.2) is 30.3 Å².